The van der Waals surface area contributed by atoms with Gasteiger partial charge in [-0.3, -0.25) is 0 Å². The van der Waals surface area contributed by atoms with Crippen LogP contribution in [0.25, 0.3) is 0 Å². The van der Waals surface area contributed by atoms with E-state index in [0.29, 0.717) is 12.1 Å². The van der Waals surface area contributed by atoms with Crippen molar-refractivity contribution in [2.45, 2.75) is 16.7 Å². The highest BCUT2D eigenvalue weighted by Gasteiger charge is 2.29. The number of halogens is 2. The maximum atomic E-state index is 12.9. The van der Waals surface area contributed by atoms with E-state index in [1.807, 2.05) is 17.5 Å². The van der Waals surface area contributed by atoms with Crippen molar-refractivity contribution in [3.8, 4) is 0 Å². The van der Waals surface area contributed by atoms with Crippen LogP contribution in [-0.2, 0) is 6.54 Å². The minimum absolute atomic E-state index is 0.243. The lowest BCUT2D eigenvalue weighted by Gasteiger charge is -2.30. The molecule has 3 heterocycles. The highest BCUT2D eigenvalue weighted by atomic mass is 35.5. The van der Waals surface area contributed by atoms with Crippen LogP contribution in [0, 0.1) is 0 Å². The molecule has 22 heavy (non-hydrogen) atoms. The second-order valence-corrected chi connectivity index (χ2v) is 8.40. The van der Waals surface area contributed by atoms with Crippen LogP contribution in [0.2, 0.25) is 4.34 Å². The van der Waals surface area contributed by atoms with Crippen molar-refractivity contribution in [1.82, 2.24) is 4.90 Å². The number of allylic oxidation sites excluding steroid dienone is 2. The lowest BCUT2D eigenvalue weighted by molar-refractivity contribution is 0.298. The molecule has 6 heteroatoms. The van der Waals surface area contributed by atoms with E-state index in [-0.39, 0.29) is 5.92 Å². The first kappa shape index (κ1) is 17.8. The van der Waals surface area contributed by atoms with Gasteiger partial charge in [0.25, 0.3) is 0 Å². The largest absolute Gasteiger partial charge is 0.300 e. The molecule has 0 saturated heterocycles. The number of hydrogen-bond donors (Lipinski definition) is 0. The van der Waals surface area contributed by atoms with Gasteiger partial charge in [-0.25, -0.2) is 0 Å². The van der Waals surface area contributed by atoms with E-state index in [0.717, 1.165) is 27.2 Å². The molecule has 1 aliphatic rings. The summed E-state index contributed by atoms with van der Waals surface area (Å²) in [6.45, 7) is 8.58. The van der Waals surface area contributed by atoms with Gasteiger partial charge in [-0.1, -0.05) is 36.9 Å². The van der Waals surface area contributed by atoms with Crippen LogP contribution in [0.1, 0.15) is 21.9 Å². The summed E-state index contributed by atoms with van der Waals surface area (Å²) in [6, 6.07) is 4.08. The number of thiophene rings is 2. The van der Waals surface area contributed by atoms with Crippen LogP contribution in [0.3, 0.4) is 0 Å². The van der Waals surface area contributed by atoms with Crippen molar-refractivity contribution in [2.24, 2.45) is 0 Å². The maximum Gasteiger partial charge on any atom is 0.0969 e. The summed E-state index contributed by atoms with van der Waals surface area (Å²) < 4.78 is 14.5. The quantitative estimate of drug-likeness (QED) is 0.574. The number of fused-ring (bicyclic) bond motifs is 1. The van der Waals surface area contributed by atoms with Gasteiger partial charge in [-0.15, -0.1) is 22.7 Å². The Morgan fingerprint density at radius 1 is 1.41 bits per heavy atom. The van der Waals surface area contributed by atoms with Crippen molar-refractivity contribution >= 4 is 46.4 Å². The van der Waals surface area contributed by atoms with Crippen LogP contribution in [-0.4, -0.2) is 18.5 Å². The Balaban J connectivity index is 0.000000396. The lowest BCUT2D eigenvalue weighted by Crippen LogP contribution is -2.29. The molecule has 0 fully saturated rings. The van der Waals surface area contributed by atoms with E-state index in [1.165, 1.54) is 21.8 Å². The van der Waals surface area contributed by atoms with E-state index < -0.39 is 0 Å². The zero-order chi connectivity index (χ0) is 16.1. The lowest BCUT2D eigenvalue weighted by atomic mass is 9.90. The predicted octanol–water partition coefficient (Wildman–Crippen LogP) is 6.38. The molecule has 0 radical (unpaired) electrons. The second-order valence-electron chi connectivity index (χ2n) is 4.89. The standard InChI is InChI=1S/C12H11ClFNS3.C4H6/c1-15-5-9(7-2-3-16-12(7)18-14)8-4-11(13)17-10(8)6-15;1-3-4-2/h2-4,9H,5-6H2,1H3;3-4H,1-2H2. The molecule has 0 aromatic carbocycles. The average Bonchev–Trinajstić information content (AvgIpc) is 3.11. The van der Waals surface area contributed by atoms with Gasteiger partial charge in [0.05, 0.1) is 20.7 Å². The van der Waals surface area contributed by atoms with Gasteiger partial charge >= 0.3 is 0 Å². The molecular formula is C16H17ClFNS3. The Morgan fingerprint density at radius 2 is 2.14 bits per heavy atom. The summed E-state index contributed by atoms with van der Waals surface area (Å²) >= 11 is 9.57. The molecule has 0 aliphatic carbocycles. The summed E-state index contributed by atoms with van der Waals surface area (Å²) in [5.74, 6) is 0.243. The zero-order valence-corrected chi connectivity index (χ0v) is 15.4. The first-order valence-corrected chi connectivity index (χ1v) is 9.45. The van der Waals surface area contributed by atoms with Gasteiger partial charge in [0.15, 0.2) is 0 Å². The van der Waals surface area contributed by atoms with Gasteiger partial charge in [0.2, 0.25) is 0 Å². The Hall–Kier alpha value is -0.590. The highest BCUT2D eigenvalue weighted by molar-refractivity contribution is 7.96. The van der Waals surface area contributed by atoms with Crippen LogP contribution in [0.4, 0.5) is 3.89 Å². The molecule has 1 atom stereocenters. The molecule has 1 nitrogen and oxygen atoms in total. The van der Waals surface area contributed by atoms with E-state index in [4.69, 9.17) is 11.6 Å². The fourth-order valence-corrected chi connectivity index (χ4v) is 5.16. The smallest absolute Gasteiger partial charge is 0.0969 e. The minimum Gasteiger partial charge on any atom is -0.300 e. The van der Waals surface area contributed by atoms with Crippen LogP contribution in [0.5, 0.6) is 0 Å². The van der Waals surface area contributed by atoms with E-state index in [1.54, 1.807) is 23.5 Å². The fraction of sp³-hybridized carbons (Fsp3) is 0.250. The van der Waals surface area contributed by atoms with E-state index in [2.05, 4.69) is 25.1 Å². The van der Waals surface area contributed by atoms with Crippen molar-refractivity contribution in [1.29, 1.82) is 0 Å². The van der Waals surface area contributed by atoms with Crippen molar-refractivity contribution in [3.63, 3.8) is 0 Å². The summed E-state index contributed by atoms with van der Waals surface area (Å²) in [6.07, 6.45) is 3.28. The maximum absolute atomic E-state index is 12.9. The van der Waals surface area contributed by atoms with Gasteiger partial charge in [-0.2, -0.15) is 3.89 Å². The highest BCUT2D eigenvalue weighted by Crippen LogP contribution is 2.43. The SMILES string of the molecule is C=CC=C.CN1Cc2sc(Cl)cc2C(c2ccsc2SF)C1. The van der Waals surface area contributed by atoms with Gasteiger partial charge in [0, 0.05) is 23.9 Å². The van der Waals surface area contributed by atoms with Crippen LogP contribution in [0.15, 0.2) is 47.0 Å². The molecule has 2 aromatic rings. The van der Waals surface area contributed by atoms with Crippen molar-refractivity contribution in [3.05, 3.63) is 63.2 Å². The summed E-state index contributed by atoms with van der Waals surface area (Å²) in [4.78, 5) is 3.57. The normalized spacial score (nSPS) is 17.3. The van der Waals surface area contributed by atoms with Gasteiger partial charge < -0.3 is 4.90 Å². The Morgan fingerprint density at radius 3 is 2.77 bits per heavy atom. The van der Waals surface area contributed by atoms with Gasteiger partial charge in [0.1, 0.15) is 0 Å². The third-order valence-electron chi connectivity index (χ3n) is 3.37. The van der Waals surface area contributed by atoms with Gasteiger partial charge in [-0.05, 0) is 35.7 Å². The summed E-state index contributed by atoms with van der Waals surface area (Å²) in [7, 11) is 2.10. The Bertz CT molecular complexity index is 644. The average molecular weight is 374 g/mol. The molecule has 0 N–H and O–H groups in total. The van der Waals surface area contributed by atoms with Crippen LogP contribution >= 0.6 is 46.4 Å². The van der Waals surface area contributed by atoms with E-state index >= 15 is 0 Å². The first-order chi connectivity index (χ1) is 10.6. The minimum atomic E-state index is 0.243. The van der Waals surface area contributed by atoms with Crippen molar-refractivity contribution < 1.29 is 3.89 Å². The van der Waals surface area contributed by atoms with E-state index in [9.17, 15) is 3.89 Å². The van der Waals surface area contributed by atoms with Crippen molar-refractivity contribution in [2.75, 3.05) is 13.6 Å². The molecule has 0 saturated carbocycles. The summed E-state index contributed by atoms with van der Waals surface area (Å²) in [5, 5.41) is 1.96. The molecule has 0 bridgehead atoms. The Kier molecular flexibility index (Phi) is 6.71. The monoisotopic (exact) mass is 373 g/mol. The first-order valence-electron chi connectivity index (χ1n) is 6.66. The Labute approximate surface area is 148 Å². The second kappa shape index (κ2) is 8.31. The number of hydrogen-bond acceptors (Lipinski definition) is 4. The number of likely N-dealkylation sites (N-methyl/N-ethyl adjacent to an activating group) is 1. The number of rotatable bonds is 3. The fourth-order valence-electron chi connectivity index (χ4n) is 2.44. The predicted molar refractivity (Wildman–Crippen MR) is 99.2 cm³/mol. The molecular weight excluding hydrogens is 357 g/mol. The third-order valence-corrected chi connectivity index (χ3v) is 6.21. The third kappa shape index (κ3) is 4.03. The molecule has 118 valence electrons. The molecule has 1 unspecified atom stereocenters. The number of nitrogens with zero attached hydrogens (tertiary/aromatic N) is 1. The molecule has 0 spiro atoms. The topological polar surface area (TPSA) is 3.24 Å². The molecule has 1 aliphatic heterocycles. The molecule has 3 rings (SSSR count). The summed E-state index contributed by atoms with van der Waals surface area (Å²) in [5.41, 5.74) is 2.37. The molecule has 0 amide bonds. The molecule has 2 aromatic heterocycles. The van der Waals surface area contributed by atoms with Crippen LogP contribution < -0.4 is 0 Å². The zero-order valence-electron chi connectivity index (χ0n) is 12.2.